The van der Waals surface area contributed by atoms with E-state index >= 15 is 0 Å². The predicted octanol–water partition coefficient (Wildman–Crippen LogP) is 4.23. The van der Waals surface area contributed by atoms with E-state index in [-0.39, 0.29) is 11.2 Å². The zero-order valence-corrected chi connectivity index (χ0v) is 13.9. The first-order valence-corrected chi connectivity index (χ1v) is 7.75. The van der Waals surface area contributed by atoms with Crippen LogP contribution in [-0.4, -0.2) is 13.1 Å². The molecule has 2 N–H and O–H groups in total. The van der Waals surface area contributed by atoms with Crippen molar-refractivity contribution in [1.82, 2.24) is 0 Å². The van der Waals surface area contributed by atoms with Crippen molar-refractivity contribution < 1.29 is 4.39 Å². The van der Waals surface area contributed by atoms with Crippen molar-refractivity contribution in [2.45, 2.75) is 33.7 Å². The van der Waals surface area contributed by atoms with E-state index in [1.165, 1.54) is 5.57 Å². The fourth-order valence-corrected chi connectivity index (χ4v) is 3.05. The molecule has 2 nitrogen and oxygen atoms in total. The van der Waals surface area contributed by atoms with Gasteiger partial charge in [-0.25, -0.2) is 4.39 Å². The van der Waals surface area contributed by atoms with E-state index in [0.29, 0.717) is 16.7 Å². The van der Waals surface area contributed by atoms with Crippen molar-refractivity contribution in [1.29, 1.82) is 0 Å². The number of hydrogen-bond donors (Lipinski definition) is 1. The van der Waals surface area contributed by atoms with Crippen LogP contribution >= 0.6 is 15.9 Å². The summed E-state index contributed by atoms with van der Waals surface area (Å²) in [5, 5.41) is 0. The summed E-state index contributed by atoms with van der Waals surface area (Å²) in [7, 11) is 0. The molecule has 1 aromatic rings. The second-order valence-electron chi connectivity index (χ2n) is 6.25. The molecule has 2 rings (SSSR count). The Morgan fingerprint density at radius 3 is 2.55 bits per heavy atom. The summed E-state index contributed by atoms with van der Waals surface area (Å²) >= 11 is 3.30. The SMILES string of the molecule is CC(C)(C)C1=CCN(c2ccc(CN)c(Br)c2F)CC1. The Kier molecular flexibility index (Phi) is 4.55. The monoisotopic (exact) mass is 340 g/mol. The smallest absolute Gasteiger partial charge is 0.160 e. The summed E-state index contributed by atoms with van der Waals surface area (Å²) < 4.78 is 14.9. The molecule has 0 saturated carbocycles. The molecule has 0 amide bonds. The Morgan fingerprint density at radius 1 is 1.35 bits per heavy atom. The third-order valence-electron chi connectivity index (χ3n) is 3.87. The molecule has 0 aromatic heterocycles. The molecule has 0 atom stereocenters. The van der Waals surface area contributed by atoms with Crippen LogP contribution in [-0.2, 0) is 6.54 Å². The zero-order chi connectivity index (χ0) is 14.9. The molecule has 0 radical (unpaired) electrons. The standard InChI is InChI=1S/C16H22BrFN2/c1-16(2,3)12-6-8-20(9-7-12)13-5-4-11(10-19)14(17)15(13)18/h4-6H,7-10,19H2,1-3H3. The fourth-order valence-electron chi connectivity index (χ4n) is 2.55. The number of nitrogens with zero attached hydrogens (tertiary/aromatic N) is 1. The predicted molar refractivity (Wildman–Crippen MR) is 86.4 cm³/mol. The molecular formula is C16H22BrFN2. The molecule has 1 heterocycles. The molecule has 1 aromatic carbocycles. The van der Waals surface area contributed by atoms with Gasteiger partial charge in [0, 0.05) is 19.6 Å². The van der Waals surface area contributed by atoms with Crippen molar-refractivity contribution in [3.63, 3.8) is 0 Å². The molecular weight excluding hydrogens is 319 g/mol. The average molecular weight is 341 g/mol. The topological polar surface area (TPSA) is 29.3 Å². The van der Waals surface area contributed by atoms with Gasteiger partial charge in [0.15, 0.2) is 5.82 Å². The number of nitrogens with two attached hydrogens (primary N) is 1. The third kappa shape index (κ3) is 3.07. The molecule has 0 unspecified atom stereocenters. The number of benzene rings is 1. The van der Waals surface area contributed by atoms with E-state index in [1.54, 1.807) is 0 Å². The maximum absolute atomic E-state index is 14.4. The molecule has 0 fully saturated rings. The highest BCUT2D eigenvalue weighted by molar-refractivity contribution is 9.10. The van der Waals surface area contributed by atoms with E-state index in [4.69, 9.17) is 5.73 Å². The summed E-state index contributed by atoms with van der Waals surface area (Å²) in [5.74, 6) is -0.208. The fraction of sp³-hybridized carbons (Fsp3) is 0.500. The lowest BCUT2D eigenvalue weighted by molar-refractivity contribution is 0.471. The molecule has 0 saturated heterocycles. The first kappa shape index (κ1) is 15.5. The minimum Gasteiger partial charge on any atom is -0.365 e. The highest BCUT2D eigenvalue weighted by atomic mass is 79.9. The van der Waals surface area contributed by atoms with E-state index in [2.05, 4.69) is 47.7 Å². The van der Waals surface area contributed by atoms with Gasteiger partial charge in [-0.2, -0.15) is 0 Å². The number of anilines is 1. The lowest BCUT2D eigenvalue weighted by atomic mass is 9.83. The van der Waals surface area contributed by atoms with Crippen LogP contribution in [0.3, 0.4) is 0 Å². The van der Waals surface area contributed by atoms with Gasteiger partial charge in [-0.15, -0.1) is 0 Å². The van der Waals surface area contributed by atoms with Crippen LogP contribution in [0.1, 0.15) is 32.8 Å². The normalized spacial score (nSPS) is 16.3. The van der Waals surface area contributed by atoms with Crippen molar-refractivity contribution in [2.24, 2.45) is 11.1 Å². The maximum atomic E-state index is 14.4. The molecule has 1 aliphatic heterocycles. The lowest BCUT2D eigenvalue weighted by Gasteiger charge is -2.33. The Hall–Kier alpha value is -0.870. The van der Waals surface area contributed by atoms with Gasteiger partial charge in [-0.05, 0) is 39.4 Å². The minimum atomic E-state index is -0.208. The maximum Gasteiger partial charge on any atom is 0.160 e. The van der Waals surface area contributed by atoms with Crippen LogP contribution in [0, 0.1) is 11.2 Å². The number of halogens is 2. The molecule has 0 spiro atoms. The first-order valence-electron chi connectivity index (χ1n) is 6.96. The minimum absolute atomic E-state index is 0.203. The Morgan fingerprint density at radius 2 is 2.05 bits per heavy atom. The van der Waals surface area contributed by atoms with Gasteiger partial charge in [0.25, 0.3) is 0 Å². The van der Waals surface area contributed by atoms with Gasteiger partial charge in [0.2, 0.25) is 0 Å². The molecule has 20 heavy (non-hydrogen) atoms. The van der Waals surface area contributed by atoms with Crippen LogP contribution in [0.25, 0.3) is 0 Å². The first-order chi connectivity index (χ1) is 9.34. The molecule has 110 valence electrons. The van der Waals surface area contributed by atoms with Crippen LogP contribution in [0.4, 0.5) is 10.1 Å². The summed E-state index contributed by atoms with van der Waals surface area (Å²) in [4.78, 5) is 2.08. The highest BCUT2D eigenvalue weighted by Gasteiger charge is 2.23. The van der Waals surface area contributed by atoms with Crippen molar-refractivity contribution in [3.05, 3.63) is 39.6 Å². The number of rotatable bonds is 2. The quantitative estimate of drug-likeness (QED) is 0.816. The summed E-state index contributed by atoms with van der Waals surface area (Å²) in [5.41, 5.74) is 8.70. The van der Waals surface area contributed by atoms with E-state index < -0.39 is 0 Å². The third-order valence-corrected chi connectivity index (χ3v) is 4.73. The van der Waals surface area contributed by atoms with Crippen LogP contribution in [0.5, 0.6) is 0 Å². The van der Waals surface area contributed by atoms with Gasteiger partial charge >= 0.3 is 0 Å². The zero-order valence-electron chi connectivity index (χ0n) is 12.3. The van der Waals surface area contributed by atoms with Crippen LogP contribution < -0.4 is 10.6 Å². The largest absolute Gasteiger partial charge is 0.365 e. The van der Waals surface area contributed by atoms with Gasteiger partial charge in [0.1, 0.15) is 0 Å². The van der Waals surface area contributed by atoms with E-state index in [0.717, 1.165) is 25.1 Å². The van der Waals surface area contributed by atoms with Crippen LogP contribution in [0.15, 0.2) is 28.3 Å². The van der Waals surface area contributed by atoms with Crippen molar-refractivity contribution in [2.75, 3.05) is 18.0 Å². The Labute approximate surface area is 129 Å². The van der Waals surface area contributed by atoms with E-state index in [9.17, 15) is 4.39 Å². The molecule has 1 aliphatic rings. The van der Waals surface area contributed by atoms with Gasteiger partial charge in [-0.1, -0.05) is 38.5 Å². The summed E-state index contributed by atoms with van der Waals surface area (Å²) in [6, 6.07) is 3.73. The molecule has 0 bridgehead atoms. The van der Waals surface area contributed by atoms with Crippen molar-refractivity contribution in [3.8, 4) is 0 Å². The van der Waals surface area contributed by atoms with Gasteiger partial charge in [-0.3, -0.25) is 0 Å². The molecule has 0 aliphatic carbocycles. The lowest BCUT2D eigenvalue weighted by Crippen LogP contribution is -2.32. The Bertz CT molecular complexity index is 532. The van der Waals surface area contributed by atoms with E-state index in [1.807, 2.05) is 12.1 Å². The van der Waals surface area contributed by atoms with Gasteiger partial charge in [0.05, 0.1) is 10.2 Å². The highest BCUT2D eigenvalue weighted by Crippen LogP contribution is 2.34. The number of hydrogen-bond acceptors (Lipinski definition) is 2. The second-order valence-corrected chi connectivity index (χ2v) is 7.04. The van der Waals surface area contributed by atoms with Crippen LogP contribution in [0.2, 0.25) is 0 Å². The van der Waals surface area contributed by atoms with Gasteiger partial charge < -0.3 is 10.6 Å². The summed E-state index contributed by atoms with van der Waals surface area (Å²) in [6.45, 7) is 8.63. The summed E-state index contributed by atoms with van der Waals surface area (Å²) in [6.07, 6.45) is 3.22. The van der Waals surface area contributed by atoms with Crippen molar-refractivity contribution >= 4 is 21.6 Å². The second kappa shape index (κ2) is 5.86. The average Bonchev–Trinajstić information content (AvgIpc) is 2.41. The Balaban J connectivity index is 2.24. The molecule has 4 heteroatoms.